The lowest BCUT2D eigenvalue weighted by Gasteiger charge is -2.35. The number of anilines is 4. The van der Waals surface area contributed by atoms with Crippen molar-refractivity contribution in [3.05, 3.63) is 35.8 Å². The largest absolute Gasteiger partial charge is 0.481 e. The number of nitrogens with zero attached hydrogens (tertiary/aromatic N) is 4. The van der Waals surface area contributed by atoms with E-state index in [-0.39, 0.29) is 17.8 Å². The van der Waals surface area contributed by atoms with Gasteiger partial charge < -0.3 is 25.5 Å². The van der Waals surface area contributed by atoms with Crippen molar-refractivity contribution in [1.82, 2.24) is 14.9 Å². The normalized spacial score (nSPS) is 21.8. The fourth-order valence-corrected chi connectivity index (χ4v) is 4.40. The Bertz CT molecular complexity index is 948. The summed E-state index contributed by atoms with van der Waals surface area (Å²) in [6, 6.07) is 5.75. The van der Waals surface area contributed by atoms with Crippen molar-refractivity contribution >= 4 is 29.1 Å². The number of halogens is 1. The van der Waals surface area contributed by atoms with Crippen molar-refractivity contribution < 1.29 is 14.3 Å². The van der Waals surface area contributed by atoms with Gasteiger partial charge in [0.05, 0.1) is 12.1 Å². The van der Waals surface area contributed by atoms with Gasteiger partial charge in [0, 0.05) is 43.6 Å². The van der Waals surface area contributed by atoms with E-state index in [4.69, 9.17) is 0 Å². The second kappa shape index (κ2) is 9.05. The Balaban J connectivity index is 1.46. The lowest BCUT2D eigenvalue weighted by atomic mass is 10.0. The topological polar surface area (TPSA) is 93.6 Å². The maximum atomic E-state index is 14.3. The molecule has 0 bridgehead atoms. The lowest BCUT2D eigenvalue weighted by Crippen LogP contribution is -2.44. The van der Waals surface area contributed by atoms with Crippen molar-refractivity contribution in [3.63, 3.8) is 0 Å². The molecule has 31 heavy (non-hydrogen) atoms. The van der Waals surface area contributed by atoms with Crippen LogP contribution in [0.2, 0.25) is 0 Å². The summed E-state index contributed by atoms with van der Waals surface area (Å²) < 4.78 is 14.3. The van der Waals surface area contributed by atoms with Crippen LogP contribution in [0, 0.1) is 18.7 Å². The minimum absolute atomic E-state index is 0.0291. The number of aromatic nitrogens is 2. The van der Waals surface area contributed by atoms with Crippen molar-refractivity contribution in [2.45, 2.75) is 32.2 Å². The molecule has 4 rings (SSSR count). The molecule has 1 aromatic carbocycles. The Morgan fingerprint density at radius 2 is 2.00 bits per heavy atom. The third kappa shape index (κ3) is 4.87. The SMILES string of the molecule is Cc1cc(Nc2ncc(F)c(NC3CCCC3C(=O)O)n2)ccc1N1CCN(C)CC1. The lowest BCUT2D eigenvalue weighted by molar-refractivity contribution is -0.141. The van der Waals surface area contributed by atoms with E-state index in [1.807, 2.05) is 12.1 Å². The second-order valence-corrected chi connectivity index (χ2v) is 8.43. The first kappa shape index (κ1) is 21.3. The van der Waals surface area contributed by atoms with Gasteiger partial charge in [-0.2, -0.15) is 4.98 Å². The van der Waals surface area contributed by atoms with Gasteiger partial charge in [-0.3, -0.25) is 4.79 Å². The maximum absolute atomic E-state index is 14.3. The van der Waals surface area contributed by atoms with Gasteiger partial charge in [-0.15, -0.1) is 0 Å². The predicted molar refractivity (Wildman–Crippen MR) is 119 cm³/mol. The third-order valence-corrected chi connectivity index (χ3v) is 6.20. The number of carboxylic acids is 1. The molecule has 0 spiro atoms. The minimum atomic E-state index is -0.862. The monoisotopic (exact) mass is 428 g/mol. The molecular formula is C22H29FN6O2. The number of likely N-dealkylation sites (N-methyl/N-ethyl adjacent to an activating group) is 1. The average Bonchev–Trinajstić information content (AvgIpc) is 3.20. The zero-order valence-corrected chi connectivity index (χ0v) is 17.9. The average molecular weight is 429 g/mol. The van der Waals surface area contributed by atoms with E-state index >= 15 is 0 Å². The standard InChI is InChI=1S/C22H29FN6O2/c1-14-12-15(6-7-19(14)29-10-8-28(2)9-11-29)25-22-24-13-17(23)20(27-22)26-18-5-3-4-16(18)21(30)31/h6-7,12-13,16,18H,3-5,8-11H2,1-2H3,(H,30,31)(H2,24,25,26,27). The number of carbonyl (C=O) groups is 1. The molecule has 166 valence electrons. The molecule has 1 saturated carbocycles. The molecule has 1 saturated heterocycles. The Kier molecular flexibility index (Phi) is 6.22. The number of piperazine rings is 1. The fourth-order valence-electron chi connectivity index (χ4n) is 4.40. The minimum Gasteiger partial charge on any atom is -0.481 e. The van der Waals surface area contributed by atoms with E-state index in [1.165, 1.54) is 5.69 Å². The van der Waals surface area contributed by atoms with Gasteiger partial charge in [0.2, 0.25) is 5.95 Å². The zero-order valence-electron chi connectivity index (χ0n) is 17.9. The van der Waals surface area contributed by atoms with E-state index in [0.717, 1.165) is 50.0 Å². The molecule has 2 aromatic rings. The van der Waals surface area contributed by atoms with Crippen LogP contribution in [0.25, 0.3) is 0 Å². The van der Waals surface area contributed by atoms with Gasteiger partial charge >= 0.3 is 5.97 Å². The number of aryl methyl sites for hydroxylation is 1. The van der Waals surface area contributed by atoms with Crippen LogP contribution in [0.5, 0.6) is 0 Å². The molecule has 2 fully saturated rings. The molecule has 2 heterocycles. The van der Waals surface area contributed by atoms with Crippen LogP contribution >= 0.6 is 0 Å². The van der Waals surface area contributed by atoms with Crippen LogP contribution in [-0.4, -0.2) is 65.2 Å². The van der Waals surface area contributed by atoms with Crippen molar-refractivity contribution in [1.29, 1.82) is 0 Å². The van der Waals surface area contributed by atoms with E-state index in [0.29, 0.717) is 12.8 Å². The highest BCUT2D eigenvalue weighted by Gasteiger charge is 2.33. The van der Waals surface area contributed by atoms with Gasteiger partial charge in [0.15, 0.2) is 11.6 Å². The molecule has 2 atom stereocenters. The molecule has 0 amide bonds. The molecule has 3 N–H and O–H groups in total. The van der Waals surface area contributed by atoms with Crippen molar-refractivity contribution in [2.24, 2.45) is 5.92 Å². The second-order valence-electron chi connectivity index (χ2n) is 8.43. The summed E-state index contributed by atoms with van der Waals surface area (Å²) in [5, 5.41) is 15.5. The number of nitrogens with one attached hydrogen (secondary N) is 2. The van der Waals surface area contributed by atoms with Gasteiger partial charge in [-0.05, 0) is 50.6 Å². The molecule has 1 aliphatic heterocycles. The van der Waals surface area contributed by atoms with E-state index < -0.39 is 17.7 Å². The van der Waals surface area contributed by atoms with Crippen LogP contribution in [0.15, 0.2) is 24.4 Å². The number of rotatable bonds is 6. The van der Waals surface area contributed by atoms with Crippen LogP contribution in [0.3, 0.4) is 0 Å². The number of hydrogen-bond acceptors (Lipinski definition) is 7. The molecular weight excluding hydrogens is 399 g/mol. The first-order valence-corrected chi connectivity index (χ1v) is 10.7. The summed E-state index contributed by atoms with van der Waals surface area (Å²) in [7, 11) is 2.14. The van der Waals surface area contributed by atoms with Crippen LogP contribution < -0.4 is 15.5 Å². The molecule has 1 aliphatic carbocycles. The predicted octanol–water partition coefficient (Wildman–Crippen LogP) is 3.08. The van der Waals surface area contributed by atoms with Crippen molar-refractivity contribution in [3.8, 4) is 0 Å². The molecule has 1 aromatic heterocycles. The smallest absolute Gasteiger partial charge is 0.308 e. The highest BCUT2D eigenvalue weighted by atomic mass is 19.1. The molecule has 0 radical (unpaired) electrons. The number of hydrogen-bond donors (Lipinski definition) is 3. The summed E-state index contributed by atoms with van der Waals surface area (Å²) in [6.07, 6.45) is 3.17. The van der Waals surface area contributed by atoms with Crippen LogP contribution in [-0.2, 0) is 4.79 Å². The number of benzene rings is 1. The van der Waals surface area contributed by atoms with Gasteiger partial charge in [-0.25, -0.2) is 9.37 Å². The first-order chi connectivity index (χ1) is 14.9. The zero-order chi connectivity index (χ0) is 22.0. The Hall–Kier alpha value is -2.94. The summed E-state index contributed by atoms with van der Waals surface area (Å²) in [5.74, 6) is -1.69. The van der Waals surface area contributed by atoms with Gasteiger partial charge in [0.25, 0.3) is 0 Å². The number of carboxylic acid groups (broad SMARTS) is 1. The Morgan fingerprint density at radius 3 is 2.71 bits per heavy atom. The molecule has 2 aliphatic rings. The van der Waals surface area contributed by atoms with E-state index in [1.54, 1.807) is 0 Å². The van der Waals surface area contributed by atoms with E-state index in [9.17, 15) is 14.3 Å². The highest BCUT2D eigenvalue weighted by molar-refractivity contribution is 5.72. The molecule has 9 heteroatoms. The summed E-state index contributed by atoms with van der Waals surface area (Å²) >= 11 is 0. The van der Waals surface area contributed by atoms with Crippen molar-refractivity contribution in [2.75, 3.05) is 48.8 Å². The number of aliphatic carboxylic acids is 1. The van der Waals surface area contributed by atoms with Gasteiger partial charge in [0.1, 0.15) is 0 Å². The maximum Gasteiger partial charge on any atom is 0.308 e. The summed E-state index contributed by atoms with van der Waals surface area (Å²) in [6.45, 7) is 6.16. The molecule has 2 unspecified atom stereocenters. The van der Waals surface area contributed by atoms with Gasteiger partial charge in [-0.1, -0.05) is 6.42 Å². The van der Waals surface area contributed by atoms with Crippen LogP contribution in [0.4, 0.5) is 27.5 Å². The quantitative estimate of drug-likeness (QED) is 0.646. The Morgan fingerprint density at radius 1 is 1.23 bits per heavy atom. The van der Waals surface area contributed by atoms with Crippen LogP contribution in [0.1, 0.15) is 24.8 Å². The highest BCUT2D eigenvalue weighted by Crippen LogP contribution is 2.30. The third-order valence-electron chi connectivity index (χ3n) is 6.20. The summed E-state index contributed by atoms with van der Waals surface area (Å²) in [4.78, 5) is 24.4. The first-order valence-electron chi connectivity index (χ1n) is 10.7. The fraction of sp³-hybridized carbons (Fsp3) is 0.500. The van der Waals surface area contributed by atoms with E-state index in [2.05, 4.69) is 50.4 Å². The Labute approximate surface area is 181 Å². The summed E-state index contributed by atoms with van der Waals surface area (Å²) in [5.41, 5.74) is 3.17. The molecule has 8 nitrogen and oxygen atoms in total.